The monoisotopic (exact) mass is 337 g/mol. The first-order valence-electron chi connectivity index (χ1n) is 9.14. The van der Waals surface area contributed by atoms with Crippen molar-refractivity contribution in [1.82, 2.24) is 0 Å². The van der Waals surface area contributed by atoms with E-state index >= 15 is 0 Å². The van der Waals surface area contributed by atoms with Crippen LogP contribution in [0, 0.1) is 12.8 Å². The predicted octanol–water partition coefficient (Wildman–Crippen LogP) is 4.93. The zero-order chi connectivity index (χ0) is 17.8. The molecular weight excluding hydrogens is 310 g/mol. The Morgan fingerprint density at radius 2 is 1.68 bits per heavy atom. The molecule has 0 heterocycles. The van der Waals surface area contributed by atoms with Crippen LogP contribution in [0.4, 0.5) is 22.7 Å². The topological polar surface area (TPSA) is 44.4 Å². The van der Waals surface area contributed by atoms with Gasteiger partial charge in [0.25, 0.3) is 0 Å². The third-order valence-corrected chi connectivity index (χ3v) is 4.72. The van der Waals surface area contributed by atoms with Gasteiger partial charge in [-0.25, -0.2) is 0 Å². The Labute approximate surface area is 150 Å². The molecule has 1 aliphatic rings. The SMILES string of the molecule is CCN(CC)c1ccc(Nc2ccc(NC(=O)C3CC3)cc2)c(C)c1. The van der Waals surface area contributed by atoms with Crippen molar-refractivity contribution in [1.29, 1.82) is 0 Å². The molecular formula is C21H27N3O. The second-order valence-corrected chi connectivity index (χ2v) is 6.64. The summed E-state index contributed by atoms with van der Waals surface area (Å²) in [6, 6.07) is 14.4. The summed E-state index contributed by atoms with van der Waals surface area (Å²) in [5, 5.41) is 6.43. The van der Waals surface area contributed by atoms with E-state index in [1.807, 2.05) is 24.3 Å². The fraction of sp³-hybridized carbons (Fsp3) is 0.381. The number of aryl methyl sites for hydroxylation is 1. The number of hydrogen-bond acceptors (Lipinski definition) is 3. The molecule has 25 heavy (non-hydrogen) atoms. The Balaban J connectivity index is 1.66. The standard InChI is InChI=1S/C21H27N3O/c1-4-24(5-2)19-12-13-20(15(3)14-19)22-17-8-10-18(11-9-17)23-21(25)16-6-7-16/h8-14,16,22H,4-7H2,1-3H3,(H,23,25). The highest BCUT2D eigenvalue weighted by Crippen LogP contribution is 2.30. The normalized spacial score (nSPS) is 13.4. The number of nitrogens with zero attached hydrogens (tertiary/aromatic N) is 1. The van der Waals surface area contributed by atoms with Gasteiger partial charge in [0.2, 0.25) is 5.91 Å². The Morgan fingerprint density at radius 1 is 1.04 bits per heavy atom. The van der Waals surface area contributed by atoms with Crippen LogP contribution in [0.1, 0.15) is 32.3 Å². The molecule has 2 N–H and O–H groups in total. The van der Waals surface area contributed by atoms with Crippen molar-refractivity contribution in [2.24, 2.45) is 5.92 Å². The third kappa shape index (κ3) is 4.32. The number of carbonyl (C=O) groups excluding carboxylic acids is 1. The van der Waals surface area contributed by atoms with Gasteiger partial charge in [0.05, 0.1) is 0 Å². The van der Waals surface area contributed by atoms with Gasteiger partial charge in [0.15, 0.2) is 0 Å². The van der Waals surface area contributed by atoms with Crippen LogP contribution in [-0.2, 0) is 4.79 Å². The second kappa shape index (κ2) is 7.60. The fourth-order valence-electron chi connectivity index (χ4n) is 2.96. The van der Waals surface area contributed by atoms with Crippen LogP contribution < -0.4 is 15.5 Å². The number of anilines is 4. The van der Waals surface area contributed by atoms with Crippen molar-refractivity contribution in [2.75, 3.05) is 28.6 Å². The molecule has 4 nitrogen and oxygen atoms in total. The number of nitrogens with one attached hydrogen (secondary N) is 2. The van der Waals surface area contributed by atoms with E-state index in [2.05, 4.69) is 54.5 Å². The van der Waals surface area contributed by atoms with Crippen molar-refractivity contribution in [2.45, 2.75) is 33.6 Å². The highest BCUT2D eigenvalue weighted by Gasteiger charge is 2.29. The van der Waals surface area contributed by atoms with Crippen LogP contribution in [0.3, 0.4) is 0 Å². The van der Waals surface area contributed by atoms with Crippen molar-refractivity contribution < 1.29 is 4.79 Å². The minimum absolute atomic E-state index is 0.142. The summed E-state index contributed by atoms with van der Waals surface area (Å²) in [7, 11) is 0. The minimum atomic E-state index is 0.142. The molecule has 0 aromatic heterocycles. The van der Waals surface area contributed by atoms with Gasteiger partial charge in [-0.05, 0) is 81.6 Å². The van der Waals surface area contributed by atoms with E-state index < -0.39 is 0 Å². The summed E-state index contributed by atoms with van der Waals surface area (Å²) in [5.74, 6) is 0.369. The molecule has 0 radical (unpaired) electrons. The zero-order valence-electron chi connectivity index (χ0n) is 15.3. The van der Waals surface area contributed by atoms with Gasteiger partial charge >= 0.3 is 0 Å². The van der Waals surface area contributed by atoms with Gasteiger partial charge in [-0.15, -0.1) is 0 Å². The van der Waals surface area contributed by atoms with Gasteiger partial charge in [-0.2, -0.15) is 0 Å². The zero-order valence-corrected chi connectivity index (χ0v) is 15.3. The molecule has 1 amide bonds. The molecule has 132 valence electrons. The van der Waals surface area contributed by atoms with Crippen molar-refractivity contribution in [3.63, 3.8) is 0 Å². The van der Waals surface area contributed by atoms with Crippen LogP contribution in [0.25, 0.3) is 0 Å². The number of carbonyl (C=O) groups is 1. The lowest BCUT2D eigenvalue weighted by Crippen LogP contribution is -2.21. The quantitative estimate of drug-likeness (QED) is 0.752. The number of amides is 1. The summed E-state index contributed by atoms with van der Waals surface area (Å²) in [6.45, 7) is 8.50. The summed E-state index contributed by atoms with van der Waals surface area (Å²) in [4.78, 5) is 14.1. The minimum Gasteiger partial charge on any atom is -0.372 e. The lowest BCUT2D eigenvalue weighted by atomic mass is 10.1. The molecule has 1 aliphatic carbocycles. The maximum absolute atomic E-state index is 11.8. The molecule has 3 rings (SSSR count). The van der Waals surface area contributed by atoms with Crippen LogP contribution in [0.5, 0.6) is 0 Å². The van der Waals surface area contributed by atoms with Gasteiger partial charge in [-0.3, -0.25) is 4.79 Å². The van der Waals surface area contributed by atoms with Gasteiger partial charge in [-0.1, -0.05) is 0 Å². The molecule has 0 aliphatic heterocycles. The Morgan fingerprint density at radius 3 is 2.24 bits per heavy atom. The highest BCUT2D eigenvalue weighted by molar-refractivity contribution is 5.94. The highest BCUT2D eigenvalue weighted by atomic mass is 16.2. The molecule has 0 spiro atoms. The van der Waals surface area contributed by atoms with Crippen LogP contribution in [0.15, 0.2) is 42.5 Å². The third-order valence-electron chi connectivity index (χ3n) is 4.72. The Hall–Kier alpha value is -2.49. The molecule has 2 aromatic carbocycles. The maximum atomic E-state index is 11.8. The average Bonchev–Trinajstić information content (AvgIpc) is 3.45. The summed E-state index contributed by atoms with van der Waals surface area (Å²) in [5.41, 5.74) is 5.45. The molecule has 0 bridgehead atoms. The molecule has 0 saturated heterocycles. The number of hydrogen-bond donors (Lipinski definition) is 2. The van der Waals surface area contributed by atoms with Crippen LogP contribution in [0.2, 0.25) is 0 Å². The molecule has 1 saturated carbocycles. The first kappa shape index (κ1) is 17.3. The number of rotatable bonds is 7. The van der Waals surface area contributed by atoms with E-state index in [4.69, 9.17) is 0 Å². The first-order valence-corrected chi connectivity index (χ1v) is 9.14. The van der Waals surface area contributed by atoms with E-state index in [9.17, 15) is 4.79 Å². The number of benzene rings is 2. The van der Waals surface area contributed by atoms with E-state index in [1.165, 1.54) is 11.3 Å². The Bertz CT molecular complexity index is 731. The van der Waals surface area contributed by atoms with Gasteiger partial charge in [0, 0.05) is 41.8 Å². The molecule has 2 aromatic rings. The molecule has 1 fully saturated rings. The summed E-state index contributed by atoms with van der Waals surface area (Å²) >= 11 is 0. The summed E-state index contributed by atoms with van der Waals surface area (Å²) < 4.78 is 0. The van der Waals surface area contributed by atoms with Crippen LogP contribution in [-0.4, -0.2) is 19.0 Å². The fourth-order valence-corrected chi connectivity index (χ4v) is 2.96. The van der Waals surface area contributed by atoms with Crippen molar-refractivity contribution >= 4 is 28.7 Å². The van der Waals surface area contributed by atoms with E-state index in [1.54, 1.807) is 0 Å². The first-order chi connectivity index (χ1) is 12.1. The van der Waals surface area contributed by atoms with E-state index in [-0.39, 0.29) is 11.8 Å². The largest absolute Gasteiger partial charge is 0.372 e. The average molecular weight is 337 g/mol. The van der Waals surface area contributed by atoms with Gasteiger partial charge in [0.1, 0.15) is 0 Å². The Kier molecular flexibility index (Phi) is 5.27. The van der Waals surface area contributed by atoms with Gasteiger partial charge < -0.3 is 15.5 Å². The van der Waals surface area contributed by atoms with E-state index in [0.29, 0.717) is 0 Å². The molecule has 4 heteroatoms. The lowest BCUT2D eigenvalue weighted by Gasteiger charge is -2.22. The van der Waals surface area contributed by atoms with Crippen molar-refractivity contribution in [3.8, 4) is 0 Å². The smallest absolute Gasteiger partial charge is 0.227 e. The summed E-state index contributed by atoms with van der Waals surface area (Å²) in [6.07, 6.45) is 2.04. The predicted molar refractivity (Wildman–Crippen MR) is 106 cm³/mol. The second-order valence-electron chi connectivity index (χ2n) is 6.64. The van der Waals surface area contributed by atoms with Crippen molar-refractivity contribution in [3.05, 3.63) is 48.0 Å². The van der Waals surface area contributed by atoms with E-state index in [0.717, 1.165) is 43.0 Å². The lowest BCUT2D eigenvalue weighted by molar-refractivity contribution is -0.117. The van der Waals surface area contributed by atoms with Crippen LogP contribution >= 0.6 is 0 Å². The molecule has 0 unspecified atom stereocenters. The molecule has 0 atom stereocenters. The maximum Gasteiger partial charge on any atom is 0.227 e.